The molecule has 1 aromatic carbocycles. The molecule has 0 aromatic heterocycles. The first kappa shape index (κ1) is 17.2. The van der Waals surface area contributed by atoms with Crippen LogP contribution in [-0.2, 0) is 4.79 Å². The van der Waals surface area contributed by atoms with E-state index < -0.39 is 0 Å². The zero-order valence-electron chi connectivity index (χ0n) is 13.9. The van der Waals surface area contributed by atoms with Gasteiger partial charge in [-0.1, -0.05) is 26.0 Å². The average Bonchev–Trinajstić information content (AvgIpc) is 2.35. The third-order valence-corrected chi connectivity index (χ3v) is 3.07. The lowest BCUT2D eigenvalue weighted by molar-refractivity contribution is -0.122. The van der Waals surface area contributed by atoms with Gasteiger partial charge in [-0.25, -0.2) is 0 Å². The van der Waals surface area contributed by atoms with Crippen molar-refractivity contribution in [1.82, 2.24) is 10.2 Å². The second-order valence-corrected chi connectivity index (χ2v) is 6.74. The molecule has 0 saturated heterocycles. The Morgan fingerprint density at radius 2 is 1.67 bits per heavy atom. The van der Waals surface area contributed by atoms with Gasteiger partial charge in [-0.2, -0.15) is 0 Å². The molecule has 0 atom stereocenters. The van der Waals surface area contributed by atoms with E-state index in [-0.39, 0.29) is 23.9 Å². The molecule has 1 rings (SSSR count). The van der Waals surface area contributed by atoms with Gasteiger partial charge in [0, 0.05) is 18.2 Å². The van der Waals surface area contributed by atoms with Gasteiger partial charge in [0.2, 0.25) is 5.91 Å². The Hall–Kier alpha value is -1.84. The zero-order valence-corrected chi connectivity index (χ0v) is 13.9. The summed E-state index contributed by atoms with van der Waals surface area (Å²) in [4.78, 5) is 25.6. The van der Waals surface area contributed by atoms with Crippen molar-refractivity contribution in [3.8, 4) is 0 Å². The minimum Gasteiger partial charge on any atom is -0.350 e. The highest BCUT2D eigenvalue weighted by Crippen LogP contribution is 2.15. The quantitative estimate of drug-likeness (QED) is 0.927. The molecule has 0 aliphatic rings. The maximum atomic E-state index is 12.3. The van der Waals surface area contributed by atoms with Crippen LogP contribution in [0.5, 0.6) is 0 Å². The summed E-state index contributed by atoms with van der Waals surface area (Å²) in [7, 11) is 1.64. The maximum absolute atomic E-state index is 12.3. The zero-order chi connectivity index (χ0) is 16.2. The number of carbonyl (C=O) groups excluding carboxylic acids is 2. The van der Waals surface area contributed by atoms with E-state index in [4.69, 9.17) is 0 Å². The number of benzene rings is 1. The number of rotatable bonds is 4. The second-order valence-electron chi connectivity index (χ2n) is 6.74. The largest absolute Gasteiger partial charge is 0.350 e. The Morgan fingerprint density at radius 1 is 1.14 bits per heavy atom. The number of nitrogens with one attached hydrogen (secondary N) is 1. The molecule has 0 fully saturated rings. The summed E-state index contributed by atoms with van der Waals surface area (Å²) in [5.74, 6) is 0.135. The molecule has 21 heavy (non-hydrogen) atoms. The van der Waals surface area contributed by atoms with E-state index in [1.54, 1.807) is 7.05 Å². The van der Waals surface area contributed by atoms with Crippen molar-refractivity contribution in [2.45, 2.75) is 46.1 Å². The maximum Gasteiger partial charge on any atom is 0.254 e. The number of amides is 2. The Kier molecular flexibility index (Phi) is 5.53. The summed E-state index contributed by atoms with van der Waals surface area (Å²) in [6.07, 6.45) is 0. The average molecular weight is 290 g/mol. The highest BCUT2D eigenvalue weighted by Gasteiger charge is 2.18. The normalized spacial score (nSPS) is 11.4. The highest BCUT2D eigenvalue weighted by molar-refractivity contribution is 5.96. The molecule has 0 heterocycles. The van der Waals surface area contributed by atoms with Crippen molar-refractivity contribution in [2.75, 3.05) is 13.6 Å². The van der Waals surface area contributed by atoms with Crippen LogP contribution < -0.4 is 5.32 Å². The van der Waals surface area contributed by atoms with E-state index in [9.17, 15) is 9.59 Å². The second kappa shape index (κ2) is 6.74. The van der Waals surface area contributed by atoms with Crippen LogP contribution in [0.3, 0.4) is 0 Å². The van der Waals surface area contributed by atoms with Crippen LogP contribution in [0.1, 0.15) is 56.5 Å². The van der Waals surface area contributed by atoms with Gasteiger partial charge in [-0.15, -0.1) is 0 Å². The van der Waals surface area contributed by atoms with Crippen molar-refractivity contribution in [3.63, 3.8) is 0 Å². The van der Waals surface area contributed by atoms with Crippen molar-refractivity contribution in [3.05, 3.63) is 35.4 Å². The summed E-state index contributed by atoms with van der Waals surface area (Å²) in [6.45, 7) is 10.0. The molecule has 0 radical (unpaired) electrons. The third-order valence-electron chi connectivity index (χ3n) is 3.07. The minimum absolute atomic E-state index is 0.0576. The number of carbonyl (C=O) groups is 2. The van der Waals surface area contributed by atoms with Crippen LogP contribution >= 0.6 is 0 Å². The summed E-state index contributed by atoms with van der Waals surface area (Å²) < 4.78 is 0. The Morgan fingerprint density at radius 3 is 2.10 bits per heavy atom. The monoisotopic (exact) mass is 290 g/mol. The molecule has 0 saturated carbocycles. The molecule has 4 heteroatoms. The van der Waals surface area contributed by atoms with Crippen LogP contribution in [0.4, 0.5) is 0 Å². The molecule has 0 aliphatic heterocycles. The van der Waals surface area contributed by atoms with Crippen molar-refractivity contribution >= 4 is 11.8 Å². The van der Waals surface area contributed by atoms with Crippen LogP contribution in [0.25, 0.3) is 0 Å². The molecule has 2 amide bonds. The van der Waals surface area contributed by atoms with Crippen molar-refractivity contribution in [2.24, 2.45) is 0 Å². The van der Waals surface area contributed by atoms with Gasteiger partial charge in [-0.05, 0) is 44.4 Å². The molecule has 0 unspecified atom stereocenters. The lowest BCUT2D eigenvalue weighted by Gasteiger charge is -2.23. The van der Waals surface area contributed by atoms with Crippen molar-refractivity contribution < 1.29 is 9.59 Å². The molecule has 4 nitrogen and oxygen atoms in total. The first-order valence-corrected chi connectivity index (χ1v) is 7.26. The van der Waals surface area contributed by atoms with E-state index in [1.165, 1.54) is 10.5 Å². The summed E-state index contributed by atoms with van der Waals surface area (Å²) >= 11 is 0. The number of hydrogen-bond acceptors (Lipinski definition) is 2. The Labute approximate surface area is 127 Å². The summed E-state index contributed by atoms with van der Waals surface area (Å²) in [5, 5.41) is 2.85. The van der Waals surface area contributed by atoms with Gasteiger partial charge in [0.05, 0.1) is 6.54 Å². The van der Waals surface area contributed by atoms with E-state index in [0.29, 0.717) is 11.5 Å². The first-order chi connectivity index (χ1) is 9.60. The number of nitrogens with zero attached hydrogens (tertiary/aromatic N) is 1. The highest BCUT2D eigenvalue weighted by atomic mass is 16.2. The predicted octanol–water partition coefficient (Wildman–Crippen LogP) is 2.80. The Balaban J connectivity index is 2.68. The molecule has 0 aliphatic carbocycles. The van der Waals surface area contributed by atoms with Crippen LogP contribution in [0, 0.1) is 0 Å². The molecule has 0 bridgehead atoms. The molecular formula is C17H26N2O2. The molecule has 1 N–H and O–H groups in total. The number of likely N-dealkylation sites (N-methyl/N-ethyl adjacent to an activating group) is 1. The molecule has 1 aromatic rings. The van der Waals surface area contributed by atoms with E-state index >= 15 is 0 Å². The van der Waals surface area contributed by atoms with Crippen LogP contribution in [0.2, 0.25) is 0 Å². The smallest absolute Gasteiger partial charge is 0.254 e. The van der Waals surface area contributed by atoms with Crippen LogP contribution in [0.15, 0.2) is 24.3 Å². The van der Waals surface area contributed by atoms with Gasteiger partial charge in [-0.3, -0.25) is 9.59 Å². The fourth-order valence-corrected chi connectivity index (χ4v) is 1.98. The fraction of sp³-hybridized carbons (Fsp3) is 0.529. The van der Waals surface area contributed by atoms with Crippen molar-refractivity contribution in [1.29, 1.82) is 0 Å². The molecule has 0 spiro atoms. The first-order valence-electron chi connectivity index (χ1n) is 7.26. The predicted molar refractivity (Wildman–Crippen MR) is 85.4 cm³/mol. The fourth-order valence-electron chi connectivity index (χ4n) is 1.98. The SMILES string of the molecule is CC(C)c1ccc(C(=O)N(C)CC(=O)NC(C)(C)C)cc1. The van der Waals surface area contributed by atoms with E-state index in [1.807, 2.05) is 45.0 Å². The lowest BCUT2D eigenvalue weighted by atomic mass is 10.0. The lowest BCUT2D eigenvalue weighted by Crippen LogP contribution is -2.46. The van der Waals surface area contributed by atoms with Gasteiger partial charge >= 0.3 is 0 Å². The van der Waals surface area contributed by atoms with Gasteiger partial charge in [0.15, 0.2) is 0 Å². The third kappa shape index (κ3) is 5.58. The topological polar surface area (TPSA) is 49.4 Å². The van der Waals surface area contributed by atoms with E-state index in [0.717, 1.165) is 0 Å². The number of hydrogen-bond donors (Lipinski definition) is 1. The summed E-state index contributed by atoms with van der Waals surface area (Å²) in [5.41, 5.74) is 1.50. The molecule has 116 valence electrons. The molecular weight excluding hydrogens is 264 g/mol. The van der Waals surface area contributed by atoms with Gasteiger partial charge < -0.3 is 10.2 Å². The van der Waals surface area contributed by atoms with Gasteiger partial charge in [0.25, 0.3) is 5.91 Å². The standard InChI is InChI=1S/C17H26N2O2/c1-12(2)13-7-9-14(10-8-13)16(21)19(6)11-15(20)18-17(3,4)5/h7-10,12H,11H2,1-6H3,(H,18,20). The van der Waals surface area contributed by atoms with E-state index in [2.05, 4.69) is 19.2 Å². The minimum atomic E-state index is -0.292. The summed E-state index contributed by atoms with van der Waals surface area (Å²) in [6, 6.07) is 7.55. The van der Waals surface area contributed by atoms with Gasteiger partial charge in [0.1, 0.15) is 0 Å². The Bertz CT molecular complexity index is 499. The van der Waals surface area contributed by atoms with Crippen LogP contribution in [-0.4, -0.2) is 35.8 Å².